The van der Waals surface area contributed by atoms with Gasteiger partial charge in [-0.25, -0.2) is 0 Å². The molecular weight excluding hydrogens is 274 g/mol. The molecule has 0 aromatic heterocycles. The fraction of sp³-hybridized carbons (Fsp3) is 0.429. The fourth-order valence-corrected chi connectivity index (χ4v) is 1.72. The lowest BCUT2D eigenvalue weighted by Gasteiger charge is -2.33. The summed E-state index contributed by atoms with van der Waals surface area (Å²) in [5.74, 6) is -0.183. The molecule has 6 heteroatoms. The van der Waals surface area contributed by atoms with Gasteiger partial charge in [0.15, 0.2) is 0 Å². The summed E-state index contributed by atoms with van der Waals surface area (Å²) in [4.78, 5) is 14.1. The van der Waals surface area contributed by atoms with E-state index >= 15 is 0 Å². The van der Waals surface area contributed by atoms with Crippen molar-refractivity contribution in [3.63, 3.8) is 0 Å². The van der Waals surface area contributed by atoms with Crippen LogP contribution in [0, 0.1) is 0 Å². The van der Waals surface area contributed by atoms with E-state index in [9.17, 15) is 9.90 Å². The molecule has 0 saturated carbocycles. The number of aliphatic hydroxyl groups is 1. The van der Waals surface area contributed by atoms with Crippen LogP contribution in [0.3, 0.4) is 0 Å². The van der Waals surface area contributed by atoms with Crippen LogP contribution < -0.4 is 11.1 Å². The number of carbonyl (C=O) groups excluding carboxylic acids is 1. The van der Waals surface area contributed by atoms with E-state index in [0.717, 1.165) is 0 Å². The molecule has 1 aromatic rings. The third-order valence-corrected chi connectivity index (χ3v) is 3.49. The van der Waals surface area contributed by atoms with Crippen LogP contribution in [0.1, 0.15) is 19.4 Å². The van der Waals surface area contributed by atoms with Crippen LogP contribution in [-0.2, 0) is 4.79 Å². The van der Waals surface area contributed by atoms with Gasteiger partial charge in [-0.3, -0.25) is 9.69 Å². The van der Waals surface area contributed by atoms with E-state index in [-0.39, 0.29) is 24.0 Å². The molecule has 0 fully saturated rings. The summed E-state index contributed by atoms with van der Waals surface area (Å²) >= 11 is 4.95. The molecule has 20 heavy (non-hydrogen) atoms. The normalized spacial score (nSPS) is 11.4. The number of para-hydroxylation sites is 1. The molecule has 0 unspecified atom stereocenters. The van der Waals surface area contributed by atoms with Crippen molar-refractivity contribution in [2.75, 3.05) is 25.5 Å². The van der Waals surface area contributed by atoms with Gasteiger partial charge in [0, 0.05) is 11.1 Å². The fourth-order valence-electron chi connectivity index (χ4n) is 1.55. The van der Waals surface area contributed by atoms with Gasteiger partial charge in [-0.2, -0.15) is 0 Å². The summed E-state index contributed by atoms with van der Waals surface area (Å²) in [5, 5.41) is 12.1. The van der Waals surface area contributed by atoms with E-state index in [1.54, 1.807) is 30.1 Å². The Morgan fingerprint density at radius 2 is 2.05 bits per heavy atom. The van der Waals surface area contributed by atoms with E-state index < -0.39 is 5.54 Å². The highest BCUT2D eigenvalue weighted by molar-refractivity contribution is 7.80. The molecule has 1 aromatic carbocycles. The number of nitrogens with two attached hydrogens (primary N) is 1. The summed E-state index contributed by atoms with van der Waals surface area (Å²) in [6.45, 7) is 3.87. The minimum Gasteiger partial charge on any atom is -0.394 e. The smallest absolute Gasteiger partial charge is 0.238 e. The first-order chi connectivity index (χ1) is 9.27. The molecule has 1 amide bonds. The topological polar surface area (TPSA) is 78.6 Å². The van der Waals surface area contributed by atoms with Crippen LogP contribution in [0.15, 0.2) is 24.3 Å². The minimum absolute atomic E-state index is 0.0275. The summed E-state index contributed by atoms with van der Waals surface area (Å²) in [6.07, 6.45) is 0. The van der Waals surface area contributed by atoms with Crippen LogP contribution >= 0.6 is 12.2 Å². The van der Waals surface area contributed by atoms with Gasteiger partial charge in [-0.15, -0.1) is 0 Å². The molecular formula is C14H21N3O2S. The number of carbonyl (C=O) groups is 1. The second-order valence-electron chi connectivity index (χ2n) is 5.28. The Kier molecular flexibility index (Phi) is 5.62. The predicted octanol–water partition coefficient (Wildman–Crippen LogP) is 0.962. The molecule has 0 aliphatic heterocycles. The summed E-state index contributed by atoms with van der Waals surface area (Å²) in [6, 6.07) is 7.13. The maximum absolute atomic E-state index is 12.0. The number of likely N-dealkylation sites (N-methyl/N-ethyl adjacent to an activating group) is 1. The molecule has 4 N–H and O–H groups in total. The Morgan fingerprint density at radius 1 is 1.45 bits per heavy atom. The van der Waals surface area contributed by atoms with E-state index in [2.05, 4.69) is 5.32 Å². The van der Waals surface area contributed by atoms with Gasteiger partial charge < -0.3 is 16.2 Å². The second-order valence-corrected chi connectivity index (χ2v) is 5.72. The third-order valence-electron chi connectivity index (χ3n) is 3.27. The molecule has 5 nitrogen and oxygen atoms in total. The molecule has 0 saturated heterocycles. The molecule has 0 radical (unpaired) electrons. The Hall–Kier alpha value is -1.50. The van der Waals surface area contributed by atoms with Gasteiger partial charge in [0.05, 0.1) is 18.8 Å². The van der Waals surface area contributed by atoms with Crippen molar-refractivity contribution in [3.8, 4) is 0 Å². The maximum Gasteiger partial charge on any atom is 0.238 e. The molecule has 0 heterocycles. The van der Waals surface area contributed by atoms with Crippen molar-refractivity contribution in [1.29, 1.82) is 0 Å². The highest BCUT2D eigenvalue weighted by Crippen LogP contribution is 2.15. The van der Waals surface area contributed by atoms with Crippen molar-refractivity contribution in [1.82, 2.24) is 4.90 Å². The lowest BCUT2D eigenvalue weighted by molar-refractivity contribution is -0.118. The molecule has 110 valence electrons. The van der Waals surface area contributed by atoms with Crippen LogP contribution in [0.25, 0.3) is 0 Å². The monoisotopic (exact) mass is 295 g/mol. The highest BCUT2D eigenvalue weighted by Gasteiger charge is 2.24. The number of thiocarbonyl (C=S) groups is 1. The van der Waals surface area contributed by atoms with Crippen molar-refractivity contribution < 1.29 is 9.90 Å². The molecule has 0 atom stereocenters. The minimum atomic E-state index is -0.458. The summed E-state index contributed by atoms with van der Waals surface area (Å²) < 4.78 is 0. The molecule has 0 aliphatic carbocycles. The standard InChI is InChI=1S/C14H21N3O2S/c1-14(2,9-18)17(3)8-12(19)16-11-7-5-4-6-10(11)13(15)20/h4-7,18H,8-9H2,1-3H3,(H2,15,20)(H,16,19). The zero-order valence-electron chi connectivity index (χ0n) is 12.0. The van der Waals surface area contributed by atoms with Gasteiger partial charge in [0.2, 0.25) is 5.91 Å². The lowest BCUT2D eigenvalue weighted by atomic mass is 10.1. The first-order valence-electron chi connectivity index (χ1n) is 6.28. The Bertz CT molecular complexity index is 503. The van der Waals surface area contributed by atoms with Crippen molar-refractivity contribution in [2.24, 2.45) is 5.73 Å². The average molecular weight is 295 g/mol. The zero-order chi connectivity index (χ0) is 15.3. The first kappa shape index (κ1) is 16.6. The van der Waals surface area contributed by atoms with Crippen molar-refractivity contribution >= 4 is 28.8 Å². The van der Waals surface area contributed by atoms with Gasteiger partial charge in [0.25, 0.3) is 0 Å². The second kappa shape index (κ2) is 6.78. The van der Waals surface area contributed by atoms with E-state index in [0.29, 0.717) is 11.3 Å². The van der Waals surface area contributed by atoms with Crippen LogP contribution in [0.2, 0.25) is 0 Å². The predicted molar refractivity (Wildman–Crippen MR) is 84.8 cm³/mol. The van der Waals surface area contributed by atoms with E-state index in [1.807, 2.05) is 19.9 Å². The molecule has 0 bridgehead atoms. The number of hydrogen-bond donors (Lipinski definition) is 3. The molecule has 0 spiro atoms. The quantitative estimate of drug-likeness (QED) is 0.681. The third kappa shape index (κ3) is 4.26. The van der Waals surface area contributed by atoms with E-state index in [1.165, 1.54) is 0 Å². The number of hydrogen-bond acceptors (Lipinski definition) is 4. The molecule has 1 rings (SSSR count). The van der Waals surface area contributed by atoms with Crippen LogP contribution in [0.4, 0.5) is 5.69 Å². The van der Waals surface area contributed by atoms with Gasteiger partial charge >= 0.3 is 0 Å². The van der Waals surface area contributed by atoms with Crippen LogP contribution in [0.5, 0.6) is 0 Å². The number of anilines is 1. The highest BCUT2D eigenvalue weighted by atomic mass is 32.1. The number of benzene rings is 1. The summed E-state index contributed by atoms with van der Waals surface area (Å²) in [5.41, 5.74) is 6.40. The Labute approximate surface area is 124 Å². The number of nitrogens with one attached hydrogen (secondary N) is 1. The van der Waals surface area contributed by atoms with Gasteiger partial charge in [-0.1, -0.05) is 24.4 Å². The van der Waals surface area contributed by atoms with E-state index in [4.69, 9.17) is 18.0 Å². The SMILES string of the molecule is CN(CC(=O)Nc1ccccc1C(N)=S)C(C)(C)CO. The Morgan fingerprint density at radius 3 is 2.60 bits per heavy atom. The average Bonchev–Trinajstić information content (AvgIpc) is 2.38. The van der Waals surface area contributed by atoms with Crippen molar-refractivity contribution in [3.05, 3.63) is 29.8 Å². The number of aliphatic hydroxyl groups excluding tert-OH is 1. The lowest BCUT2D eigenvalue weighted by Crippen LogP contribution is -2.47. The maximum atomic E-state index is 12.0. The number of rotatable bonds is 6. The first-order valence-corrected chi connectivity index (χ1v) is 6.69. The number of amides is 1. The zero-order valence-corrected chi connectivity index (χ0v) is 12.8. The number of nitrogens with zero attached hydrogens (tertiary/aromatic N) is 1. The summed E-state index contributed by atoms with van der Waals surface area (Å²) in [7, 11) is 1.79. The largest absolute Gasteiger partial charge is 0.394 e. The van der Waals surface area contributed by atoms with Gasteiger partial charge in [0.1, 0.15) is 4.99 Å². The molecule has 0 aliphatic rings. The van der Waals surface area contributed by atoms with Crippen LogP contribution in [-0.4, -0.2) is 46.6 Å². The Balaban J connectivity index is 2.75. The van der Waals surface area contributed by atoms with Crippen molar-refractivity contribution in [2.45, 2.75) is 19.4 Å². The van der Waals surface area contributed by atoms with Gasteiger partial charge in [-0.05, 0) is 33.0 Å².